The normalized spacial score (nSPS) is 13.9. The van der Waals surface area contributed by atoms with Crippen molar-refractivity contribution in [1.82, 2.24) is 31.9 Å². The van der Waals surface area contributed by atoms with Gasteiger partial charge in [0, 0.05) is 12.0 Å². The molecule has 0 bridgehead atoms. The molecule has 47 heavy (non-hydrogen) atoms. The van der Waals surface area contributed by atoms with Crippen molar-refractivity contribution < 1.29 is 38.7 Å². The van der Waals surface area contributed by atoms with Gasteiger partial charge in [-0.1, -0.05) is 62.4 Å². The first-order valence-electron chi connectivity index (χ1n) is 15.3. The Morgan fingerprint density at radius 3 is 1.57 bits per heavy atom. The average Bonchev–Trinajstić information content (AvgIpc) is 3.03. The molecule has 0 aromatic heterocycles. The van der Waals surface area contributed by atoms with E-state index in [1.807, 2.05) is 13.8 Å². The quantitative estimate of drug-likeness (QED) is 0.126. The van der Waals surface area contributed by atoms with Crippen LogP contribution in [0.25, 0.3) is 0 Å². The smallest absolute Gasteiger partial charge is 0.322 e. The van der Waals surface area contributed by atoms with Gasteiger partial charge in [-0.2, -0.15) is 0 Å². The zero-order valence-electron chi connectivity index (χ0n) is 27.2. The summed E-state index contributed by atoms with van der Waals surface area (Å²) in [5.41, 5.74) is 1.09. The van der Waals surface area contributed by atoms with Crippen LogP contribution in [0.15, 0.2) is 60.7 Å². The number of carbonyl (C=O) groups is 7. The van der Waals surface area contributed by atoms with Gasteiger partial charge in [-0.05, 0) is 50.8 Å². The van der Waals surface area contributed by atoms with Gasteiger partial charge in [0.05, 0.1) is 0 Å². The first-order chi connectivity index (χ1) is 22.2. The van der Waals surface area contributed by atoms with Crippen LogP contribution in [0.3, 0.4) is 0 Å². The van der Waals surface area contributed by atoms with Gasteiger partial charge in [-0.3, -0.25) is 33.6 Å². The molecular weight excluding hydrogens is 608 g/mol. The summed E-state index contributed by atoms with van der Waals surface area (Å²) < 4.78 is 0. The van der Waals surface area contributed by atoms with E-state index in [9.17, 15) is 33.6 Å². The van der Waals surface area contributed by atoms with Gasteiger partial charge in [0.2, 0.25) is 29.5 Å². The SMILES string of the molecule is CC(C)C[C@H](NC(=O)c1ccccc1)C(=O)N[C@@H](C)C(=O)N[C@@H](C)C(=O)N[C@@H](Cc1ccccc1)C(=O)N[C@@H](C)C(=O)NCC(=O)O. The van der Waals surface area contributed by atoms with Crippen molar-refractivity contribution in [1.29, 1.82) is 0 Å². The van der Waals surface area contributed by atoms with Gasteiger partial charge >= 0.3 is 5.97 Å². The van der Waals surface area contributed by atoms with Crippen LogP contribution in [0.2, 0.25) is 0 Å². The number of carbonyl (C=O) groups excluding carboxylic acids is 6. The number of carboxylic acid groups (broad SMARTS) is 1. The number of aliphatic carboxylic acids is 1. The molecule has 0 fully saturated rings. The fourth-order valence-electron chi connectivity index (χ4n) is 4.37. The Balaban J connectivity index is 2.04. The van der Waals surface area contributed by atoms with Crippen LogP contribution < -0.4 is 31.9 Å². The molecule has 254 valence electrons. The molecule has 0 aliphatic carbocycles. The minimum Gasteiger partial charge on any atom is -0.480 e. The summed E-state index contributed by atoms with van der Waals surface area (Å²) >= 11 is 0. The maximum absolute atomic E-state index is 13.1. The van der Waals surface area contributed by atoms with E-state index in [1.165, 1.54) is 20.8 Å². The number of amides is 6. The number of nitrogens with one attached hydrogen (secondary N) is 6. The second kappa shape index (κ2) is 18.6. The van der Waals surface area contributed by atoms with Crippen LogP contribution in [0.1, 0.15) is 57.0 Å². The highest BCUT2D eigenvalue weighted by molar-refractivity contribution is 5.99. The molecule has 5 atom stereocenters. The van der Waals surface area contributed by atoms with Crippen LogP contribution in [0.4, 0.5) is 0 Å². The van der Waals surface area contributed by atoms with Crippen molar-refractivity contribution in [2.24, 2.45) is 5.92 Å². The van der Waals surface area contributed by atoms with Crippen LogP contribution in [0, 0.1) is 5.92 Å². The predicted molar refractivity (Wildman–Crippen MR) is 173 cm³/mol. The highest BCUT2D eigenvalue weighted by Crippen LogP contribution is 2.08. The number of hydrogen-bond acceptors (Lipinski definition) is 7. The van der Waals surface area contributed by atoms with E-state index < -0.39 is 78.2 Å². The van der Waals surface area contributed by atoms with Crippen molar-refractivity contribution >= 4 is 41.4 Å². The largest absolute Gasteiger partial charge is 0.480 e. The minimum absolute atomic E-state index is 0.0535. The van der Waals surface area contributed by atoms with Gasteiger partial charge in [0.1, 0.15) is 36.8 Å². The Hall–Kier alpha value is -5.27. The average molecular weight is 653 g/mol. The fraction of sp³-hybridized carbons (Fsp3) is 0.424. The number of rotatable bonds is 17. The summed E-state index contributed by atoms with van der Waals surface area (Å²) in [6.45, 7) is 7.37. The van der Waals surface area contributed by atoms with Crippen molar-refractivity contribution in [2.75, 3.05) is 6.54 Å². The van der Waals surface area contributed by atoms with Gasteiger partial charge in [0.25, 0.3) is 5.91 Å². The summed E-state index contributed by atoms with van der Waals surface area (Å²) in [4.78, 5) is 88.0. The molecule has 7 N–H and O–H groups in total. The number of carboxylic acids is 1. The highest BCUT2D eigenvalue weighted by Gasteiger charge is 2.29. The van der Waals surface area contributed by atoms with Crippen LogP contribution in [-0.4, -0.2) is 83.3 Å². The third-order valence-electron chi connectivity index (χ3n) is 6.95. The third kappa shape index (κ3) is 13.3. The molecular formula is C33H44N6O8. The van der Waals surface area contributed by atoms with Gasteiger partial charge in [-0.15, -0.1) is 0 Å². The Labute approximate surface area is 273 Å². The lowest BCUT2D eigenvalue weighted by Gasteiger charge is -2.25. The molecule has 0 spiro atoms. The highest BCUT2D eigenvalue weighted by atomic mass is 16.4. The van der Waals surface area contributed by atoms with Crippen molar-refractivity contribution in [3.8, 4) is 0 Å². The fourth-order valence-corrected chi connectivity index (χ4v) is 4.37. The summed E-state index contributed by atoms with van der Waals surface area (Å²) in [5.74, 6) is -5.00. The van der Waals surface area contributed by atoms with E-state index in [4.69, 9.17) is 5.11 Å². The summed E-state index contributed by atoms with van der Waals surface area (Å²) in [6, 6.07) is 11.8. The standard InChI is InChI=1S/C33H44N6O8/c1-19(2)16-25(39-31(45)24-14-10-7-11-15-24)32(46)37-21(4)29(43)35-22(5)30(44)38-26(17-23-12-8-6-9-13-23)33(47)36-20(3)28(42)34-18-27(40)41/h6-15,19-22,25-26H,16-18H2,1-5H3,(H,34,42)(H,35,43)(H,36,47)(H,37,46)(H,38,44)(H,39,45)(H,40,41)/t20-,21-,22-,25-,26-/m0/s1. The topological polar surface area (TPSA) is 212 Å². The monoisotopic (exact) mass is 652 g/mol. The van der Waals surface area contributed by atoms with Gasteiger partial charge < -0.3 is 37.0 Å². The van der Waals surface area contributed by atoms with E-state index in [-0.39, 0.29) is 12.3 Å². The predicted octanol–water partition coefficient (Wildman–Crippen LogP) is 0.274. The lowest BCUT2D eigenvalue weighted by molar-refractivity contribution is -0.138. The Morgan fingerprint density at radius 1 is 0.574 bits per heavy atom. The zero-order valence-corrected chi connectivity index (χ0v) is 27.2. The Kier molecular flexibility index (Phi) is 15.0. The molecule has 0 aliphatic heterocycles. The summed E-state index contributed by atoms with van der Waals surface area (Å²) in [7, 11) is 0. The first-order valence-corrected chi connectivity index (χ1v) is 15.3. The summed E-state index contributed by atoms with van der Waals surface area (Å²) in [6.07, 6.45) is 0.378. The molecule has 14 heteroatoms. The van der Waals surface area contributed by atoms with E-state index in [0.29, 0.717) is 17.5 Å². The second-order valence-corrected chi connectivity index (χ2v) is 11.6. The second-order valence-electron chi connectivity index (χ2n) is 11.6. The molecule has 6 amide bonds. The minimum atomic E-state index is -1.25. The summed E-state index contributed by atoms with van der Waals surface area (Å²) in [5, 5.41) is 23.9. The zero-order chi connectivity index (χ0) is 35.1. The molecule has 2 aromatic carbocycles. The van der Waals surface area contributed by atoms with Gasteiger partial charge in [0.15, 0.2) is 0 Å². The molecule has 0 radical (unpaired) electrons. The first kappa shape index (κ1) is 37.9. The maximum Gasteiger partial charge on any atom is 0.322 e. The lowest BCUT2D eigenvalue weighted by Crippen LogP contribution is -2.58. The van der Waals surface area contributed by atoms with Crippen LogP contribution >= 0.6 is 0 Å². The van der Waals surface area contributed by atoms with Crippen molar-refractivity contribution in [3.05, 3.63) is 71.8 Å². The molecule has 2 rings (SSSR count). The van der Waals surface area contributed by atoms with E-state index in [2.05, 4.69) is 31.9 Å². The van der Waals surface area contributed by atoms with E-state index >= 15 is 0 Å². The molecule has 14 nitrogen and oxygen atoms in total. The van der Waals surface area contributed by atoms with Crippen molar-refractivity contribution in [2.45, 2.75) is 77.7 Å². The molecule has 0 saturated carbocycles. The Bertz CT molecular complexity index is 1400. The molecule has 2 aromatic rings. The Morgan fingerprint density at radius 2 is 1.04 bits per heavy atom. The van der Waals surface area contributed by atoms with Crippen LogP contribution in [-0.2, 0) is 35.2 Å². The molecule has 0 heterocycles. The van der Waals surface area contributed by atoms with E-state index in [1.54, 1.807) is 60.7 Å². The maximum atomic E-state index is 13.1. The molecule has 0 unspecified atom stereocenters. The number of benzene rings is 2. The number of hydrogen-bond donors (Lipinski definition) is 7. The third-order valence-corrected chi connectivity index (χ3v) is 6.95. The van der Waals surface area contributed by atoms with Crippen molar-refractivity contribution in [3.63, 3.8) is 0 Å². The molecule has 0 saturated heterocycles. The van der Waals surface area contributed by atoms with E-state index in [0.717, 1.165) is 0 Å². The van der Waals surface area contributed by atoms with Crippen LogP contribution in [0.5, 0.6) is 0 Å². The van der Waals surface area contributed by atoms with Gasteiger partial charge in [-0.25, -0.2) is 0 Å². The lowest BCUT2D eigenvalue weighted by atomic mass is 10.0. The molecule has 0 aliphatic rings.